The highest BCUT2D eigenvalue weighted by atomic mass is 16.1. The summed E-state index contributed by atoms with van der Waals surface area (Å²) in [6.07, 6.45) is 0. The van der Waals surface area contributed by atoms with E-state index < -0.39 is 0 Å². The minimum Gasteiger partial charge on any atom is -0.326 e. The summed E-state index contributed by atoms with van der Waals surface area (Å²) < 4.78 is 0. The average molecular weight is 368 g/mol. The lowest BCUT2D eigenvalue weighted by Gasteiger charge is -2.01. The summed E-state index contributed by atoms with van der Waals surface area (Å²) in [6.45, 7) is 8.39. The lowest BCUT2D eigenvalue weighted by Crippen LogP contribution is -2.04. The Kier molecular flexibility index (Phi) is 5.95. The molecule has 0 aliphatic heterocycles. The Bertz CT molecular complexity index is 1050. The number of hydrogen-bond donors (Lipinski definition) is 1. The van der Waals surface area contributed by atoms with E-state index in [2.05, 4.69) is 30.6 Å². The molecule has 7 nitrogen and oxygen atoms in total. The number of rotatable bonds is 5. The van der Waals surface area contributed by atoms with Crippen LogP contribution in [0.2, 0.25) is 0 Å². The summed E-state index contributed by atoms with van der Waals surface area (Å²) >= 11 is 0. The Morgan fingerprint density at radius 1 is 0.714 bits per heavy atom. The number of hydrogen-bond acceptors (Lipinski definition) is 5. The van der Waals surface area contributed by atoms with Gasteiger partial charge < -0.3 is 5.32 Å². The lowest BCUT2D eigenvalue weighted by molar-refractivity contribution is -0.114. The van der Waals surface area contributed by atoms with Crippen LogP contribution in [0.15, 0.2) is 93.3 Å². The van der Waals surface area contributed by atoms with Crippen molar-refractivity contribution in [1.82, 2.24) is 0 Å². The van der Waals surface area contributed by atoms with Gasteiger partial charge in [-0.15, -0.1) is 0 Å². The normalized spacial score (nSPS) is 10.9. The van der Waals surface area contributed by atoms with Crippen molar-refractivity contribution in [1.29, 1.82) is 0 Å². The van der Waals surface area contributed by atoms with Crippen molar-refractivity contribution in [2.75, 3.05) is 5.32 Å². The second kappa shape index (κ2) is 8.96. The zero-order valence-electron chi connectivity index (χ0n) is 15.1. The van der Waals surface area contributed by atoms with E-state index in [1.54, 1.807) is 72.8 Å². The number of amides is 1. The van der Waals surface area contributed by atoms with Gasteiger partial charge in [-0.2, -0.15) is 20.5 Å². The molecule has 0 saturated heterocycles. The van der Waals surface area contributed by atoms with Crippen molar-refractivity contribution < 1.29 is 4.79 Å². The monoisotopic (exact) mass is 368 g/mol. The van der Waals surface area contributed by atoms with Crippen molar-refractivity contribution in [3.05, 3.63) is 84.2 Å². The molecule has 3 aromatic carbocycles. The fraction of sp³-hybridized carbons (Fsp3) is 0.0476. The van der Waals surface area contributed by atoms with Gasteiger partial charge in [0.05, 0.1) is 29.3 Å². The molecule has 0 aromatic heterocycles. The predicted octanol–water partition coefficient (Wildman–Crippen LogP) is 7.03. The van der Waals surface area contributed by atoms with Gasteiger partial charge in [0.1, 0.15) is 0 Å². The minimum absolute atomic E-state index is 0.119. The maximum absolute atomic E-state index is 11.0. The molecular formula is C21H16N6O. The Hall–Kier alpha value is -4.18. The Labute approximate surface area is 162 Å². The van der Waals surface area contributed by atoms with Crippen LogP contribution in [0.4, 0.5) is 34.1 Å². The van der Waals surface area contributed by atoms with Crippen LogP contribution >= 0.6 is 0 Å². The van der Waals surface area contributed by atoms with Crippen LogP contribution in [0.25, 0.3) is 4.85 Å². The molecule has 1 amide bonds. The number of nitrogens with one attached hydrogen (secondary N) is 1. The zero-order valence-corrected chi connectivity index (χ0v) is 15.1. The minimum atomic E-state index is -0.119. The first-order valence-corrected chi connectivity index (χ1v) is 8.41. The van der Waals surface area contributed by atoms with E-state index in [1.165, 1.54) is 6.92 Å². The van der Waals surface area contributed by atoms with Crippen LogP contribution in [-0.4, -0.2) is 5.91 Å². The van der Waals surface area contributed by atoms with E-state index in [1.807, 2.05) is 0 Å². The molecule has 0 spiro atoms. The highest BCUT2D eigenvalue weighted by molar-refractivity contribution is 5.88. The SMILES string of the molecule is [C-]#[N+]c1ccc(N=Nc2ccc(N=Nc3ccc(NC(C)=O)cc3)cc2)cc1. The van der Waals surface area contributed by atoms with Crippen molar-refractivity contribution in [2.45, 2.75) is 6.92 Å². The van der Waals surface area contributed by atoms with Crippen LogP contribution in [0, 0.1) is 6.57 Å². The number of anilines is 1. The van der Waals surface area contributed by atoms with Gasteiger partial charge >= 0.3 is 0 Å². The molecule has 3 rings (SSSR count). The quantitative estimate of drug-likeness (QED) is 0.380. The summed E-state index contributed by atoms with van der Waals surface area (Å²) in [5.74, 6) is -0.119. The smallest absolute Gasteiger partial charge is 0.221 e. The second-order valence-corrected chi connectivity index (χ2v) is 5.77. The third-order valence-corrected chi connectivity index (χ3v) is 3.58. The van der Waals surface area contributed by atoms with Crippen molar-refractivity contribution in [2.24, 2.45) is 20.5 Å². The molecule has 3 aromatic rings. The van der Waals surface area contributed by atoms with E-state index in [-0.39, 0.29) is 5.91 Å². The molecule has 0 aliphatic rings. The first-order valence-electron chi connectivity index (χ1n) is 8.41. The molecule has 0 heterocycles. The molecule has 0 saturated carbocycles. The van der Waals surface area contributed by atoms with Gasteiger partial charge in [-0.3, -0.25) is 4.79 Å². The van der Waals surface area contributed by atoms with Gasteiger partial charge in [-0.25, -0.2) is 4.85 Å². The van der Waals surface area contributed by atoms with Crippen LogP contribution < -0.4 is 5.32 Å². The molecule has 0 atom stereocenters. The van der Waals surface area contributed by atoms with Crippen LogP contribution in [0.5, 0.6) is 0 Å². The van der Waals surface area contributed by atoms with Crippen LogP contribution in [0.1, 0.15) is 6.92 Å². The van der Waals surface area contributed by atoms with Gasteiger partial charge in [0.2, 0.25) is 5.91 Å². The molecule has 7 heteroatoms. The third-order valence-electron chi connectivity index (χ3n) is 3.58. The molecule has 136 valence electrons. The number of benzene rings is 3. The molecule has 0 bridgehead atoms. The van der Waals surface area contributed by atoms with E-state index in [0.29, 0.717) is 34.1 Å². The second-order valence-electron chi connectivity index (χ2n) is 5.77. The Morgan fingerprint density at radius 2 is 1.07 bits per heavy atom. The number of azo groups is 2. The van der Waals surface area contributed by atoms with Crippen molar-refractivity contribution in [3.8, 4) is 0 Å². The van der Waals surface area contributed by atoms with Gasteiger partial charge in [0.15, 0.2) is 5.69 Å². The maximum atomic E-state index is 11.0. The largest absolute Gasteiger partial charge is 0.326 e. The fourth-order valence-corrected chi connectivity index (χ4v) is 2.23. The number of nitrogens with zero attached hydrogens (tertiary/aromatic N) is 5. The Balaban J connectivity index is 1.62. The molecular weight excluding hydrogens is 352 g/mol. The predicted molar refractivity (Wildman–Crippen MR) is 108 cm³/mol. The van der Waals surface area contributed by atoms with Crippen molar-refractivity contribution >= 4 is 40.0 Å². The maximum Gasteiger partial charge on any atom is 0.221 e. The van der Waals surface area contributed by atoms with E-state index in [0.717, 1.165) is 0 Å². The summed E-state index contributed by atoms with van der Waals surface area (Å²) in [7, 11) is 0. The summed E-state index contributed by atoms with van der Waals surface area (Å²) in [6, 6.07) is 21.2. The summed E-state index contributed by atoms with van der Waals surface area (Å²) in [5.41, 5.74) is 4.02. The first kappa shape index (κ1) is 18.6. The third kappa shape index (κ3) is 5.41. The first-order chi connectivity index (χ1) is 13.6. The van der Waals surface area contributed by atoms with Gasteiger partial charge in [-0.05, 0) is 60.7 Å². The lowest BCUT2D eigenvalue weighted by atomic mass is 10.3. The highest BCUT2D eigenvalue weighted by Crippen LogP contribution is 2.25. The topological polar surface area (TPSA) is 82.9 Å². The standard InChI is InChI=1S/C21H16N6O/c1-15(28)23-17-5-9-19(10-6-17)25-27-21-13-11-20(12-14-21)26-24-18-7-3-16(22-2)4-8-18/h3-14H,1H3,(H,23,28). The molecule has 0 aliphatic carbocycles. The van der Waals surface area contributed by atoms with E-state index in [9.17, 15) is 4.79 Å². The molecule has 0 radical (unpaired) electrons. The van der Waals surface area contributed by atoms with Crippen LogP contribution in [-0.2, 0) is 4.79 Å². The average Bonchev–Trinajstić information content (AvgIpc) is 2.72. The molecule has 0 fully saturated rings. The summed E-state index contributed by atoms with van der Waals surface area (Å²) in [5, 5.41) is 19.4. The molecule has 1 N–H and O–H groups in total. The van der Waals surface area contributed by atoms with Crippen LogP contribution in [0.3, 0.4) is 0 Å². The van der Waals surface area contributed by atoms with Gasteiger partial charge in [-0.1, -0.05) is 12.1 Å². The molecule has 28 heavy (non-hydrogen) atoms. The Morgan fingerprint density at radius 3 is 1.43 bits per heavy atom. The number of carbonyl (C=O) groups excluding carboxylic acids is 1. The molecule has 0 unspecified atom stereocenters. The fourth-order valence-electron chi connectivity index (χ4n) is 2.23. The van der Waals surface area contributed by atoms with Crippen molar-refractivity contribution in [3.63, 3.8) is 0 Å². The van der Waals surface area contributed by atoms with Gasteiger partial charge in [0, 0.05) is 12.6 Å². The highest BCUT2D eigenvalue weighted by Gasteiger charge is 1.97. The van der Waals surface area contributed by atoms with E-state index >= 15 is 0 Å². The van der Waals surface area contributed by atoms with Gasteiger partial charge in [0.25, 0.3) is 0 Å². The number of carbonyl (C=O) groups is 1. The zero-order chi connectivity index (χ0) is 19.8. The summed E-state index contributed by atoms with van der Waals surface area (Å²) in [4.78, 5) is 14.3. The van der Waals surface area contributed by atoms with E-state index in [4.69, 9.17) is 6.57 Å².